The van der Waals surface area contributed by atoms with E-state index in [1.54, 1.807) is 6.08 Å². The van der Waals surface area contributed by atoms with E-state index in [-0.39, 0.29) is 19.1 Å². The first kappa shape index (κ1) is 74.9. The maximum atomic E-state index is 13.0. The number of carbonyl (C=O) groups is 1. The van der Waals surface area contributed by atoms with Gasteiger partial charge in [-0.1, -0.05) is 299 Å². The number of rotatable bonds is 60. The standard InChI is InChI=1S/C68H127N2O6P/c1-6-8-10-12-14-16-18-20-22-24-26-28-30-32-34-36-37-39-41-43-45-47-49-51-53-55-57-59-61-67(71)66(65-76-77(73,74)75-64-63-70(3,4)5)69-68(72)62-60-58-56-54-52-50-48-46-44-42-40-38-35-33-31-29-27-25-23-21-19-17-15-13-11-9-7-2/h9,11,15,17,21,23,27,29,51,53,59,61,66-67,71H,6-8,10,12-14,16,18-20,22,24-26,28,30-50,52,54-58,60,62-65H2,1-5H3,(H-,69,72,73,74)/p+1/b11-9-,17-15-,23-21-,29-27-,53-51+,61-59+. The minimum absolute atomic E-state index is 0.0544. The summed E-state index contributed by atoms with van der Waals surface area (Å²) in [5.41, 5.74) is 0. The number of hydrogen-bond donors (Lipinski definition) is 3. The molecule has 0 aliphatic rings. The molecule has 0 aromatic rings. The van der Waals surface area contributed by atoms with Gasteiger partial charge in [-0.05, 0) is 70.6 Å². The van der Waals surface area contributed by atoms with Crippen LogP contribution in [0.15, 0.2) is 72.9 Å². The summed E-state index contributed by atoms with van der Waals surface area (Å²) in [4.78, 5) is 23.4. The molecule has 3 N–H and O–H groups in total. The molecule has 9 heteroatoms. The fraction of sp³-hybridized carbons (Fsp3) is 0.809. The van der Waals surface area contributed by atoms with Gasteiger partial charge in [0.05, 0.1) is 39.9 Å². The van der Waals surface area contributed by atoms with E-state index in [4.69, 9.17) is 9.05 Å². The van der Waals surface area contributed by atoms with Crippen LogP contribution in [0, 0.1) is 0 Å². The van der Waals surface area contributed by atoms with E-state index in [0.29, 0.717) is 17.4 Å². The molecule has 3 unspecified atom stereocenters. The molecule has 3 atom stereocenters. The zero-order chi connectivity index (χ0) is 56.3. The summed E-state index contributed by atoms with van der Waals surface area (Å²) in [5.74, 6) is -0.186. The average Bonchev–Trinajstić information content (AvgIpc) is 3.39. The smallest absolute Gasteiger partial charge is 0.387 e. The van der Waals surface area contributed by atoms with Crippen LogP contribution in [0.2, 0.25) is 0 Å². The maximum absolute atomic E-state index is 13.0. The molecule has 0 aromatic carbocycles. The molecule has 0 rings (SSSR count). The molecule has 0 bridgehead atoms. The summed E-state index contributed by atoms with van der Waals surface area (Å²) in [6.07, 6.45) is 81.8. The molecule has 0 aromatic heterocycles. The van der Waals surface area contributed by atoms with E-state index < -0.39 is 20.0 Å². The first-order valence-corrected chi connectivity index (χ1v) is 34.3. The number of nitrogens with one attached hydrogen (secondary N) is 1. The quantitative estimate of drug-likeness (QED) is 0.0243. The van der Waals surface area contributed by atoms with Gasteiger partial charge in [-0.15, -0.1) is 0 Å². The molecule has 1 amide bonds. The summed E-state index contributed by atoms with van der Waals surface area (Å²) >= 11 is 0. The lowest BCUT2D eigenvalue weighted by Crippen LogP contribution is -2.45. The Balaban J connectivity index is 4.15. The molecule has 8 nitrogen and oxygen atoms in total. The summed E-state index contributed by atoms with van der Waals surface area (Å²) in [5, 5.41) is 14.0. The molecular formula is C68H128N2O6P+. The minimum Gasteiger partial charge on any atom is -0.387 e. The number of allylic oxidation sites excluding steroid dienone is 11. The number of unbranched alkanes of at least 4 members (excludes halogenated alkanes) is 37. The van der Waals surface area contributed by atoms with Crippen molar-refractivity contribution in [3.8, 4) is 0 Å². The van der Waals surface area contributed by atoms with Gasteiger partial charge in [-0.25, -0.2) is 4.57 Å². The van der Waals surface area contributed by atoms with Gasteiger partial charge in [0, 0.05) is 6.42 Å². The molecule has 450 valence electrons. The summed E-state index contributed by atoms with van der Waals surface area (Å²) in [6, 6.07) is -0.868. The third kappa shape index (κ3) is 61.4. The van der Waals surface area contributed by atoms with Crippen LogP contribution in [-0.4, -0.2) is 73.4 Å². The summed E-state index contributed by atoms with van der Waals surface area (Å²) in [7, 11) is 1.56. The summed E-state index contributed by atoms with van der Waals surface area (Å²) in [6.45, 7) is 4.72. The van der Waals surface area contributed by atoms with Crippen molar-refractivity contribution in [1.82, 2.24) is 5.32 Å². The van der Waals surface area contributed by atoms with Crippen LogP contribution in [-0.2, 0) is 18.4 Å². The van der Waals surface area contributed by atoms with Crippen molar-refractivity contribution in [2.24, 2.45) is 0 Å². The van der Waals surface area contributed by atoms with Gasteiger partial charge in [-0.2, -0.15) is 0 Å². The van der Waals surface area contributed by atoms with Crippen molar-refractivity contribution in [3.05, 3.63) is 72.9 Å². The lowest BCUT2D eigenvalue weighted by atomic mass is 10.0. The van der Waals surface area contributed by atoms with Crippen molar-refractivity contribution < 1.29 is 32.9 Å². The van der Waals surface area contributed by atoms with E-state index >= 15 is 0 Å². The van der Waals surface area contributed by atoms with Crippen LogP contribution in [0.5, 0.6) is 0 Å². The second-order valence-corrected chi connectivity index (χ2v) is 24.9. The predicted octanol–water partition coefficient (Wildman–Crippen LogP) is 20.6. The van der Waals surface area contributed by atoms with Crippen molar-refractivity contribution in [2.45, 2.75) is 315 Å². The Kier molecular flexibility index (Phi) is 57.0. The number of phosphoric acid groups is 1. The van der Waals surface area contributed by atoms with Gasteiger partial charge in [-0.3, -0.25) is 13.8 Å². The van der Waals surface area contributed by atoms with Crippen LogP contribution < -0.4 is 5.32 Å². The second kappa shape index (κ2) is 58.6. The van der Waals surface area contributed by atoms with Gasteiger partial charge in [0.1, 0.15) is 13.2 Å². The lowest BCUT2D eigenvalue weighted by molar-refractivity contribution is -0.870. The lowest BCUT2D eigenvalue weighted by Gasteiger charge is -2.25. The van der Waals surface area contributed by atoms with Crippen LogP contribution in [0.25, 0.3) is 0 Å². The highest BCUT2D eigenvalue weighted by molar-refractivity contribution is 7.47. The van der Waals surface area contributed by atoms with Gasteiger partial charge in [0.15, 0.2) is 0 Å². The van der Waals surface area contributed by atoms with Gasteiger partial charge < -0.3 is 19.8 Å². The first-order chi connectivity index (χ1) is 37.5. The number of amides is 1. The Bertz CT molecular complexity index is 1480. The number of carbonyl (C=O) groups excluding carboxylic acids is 1. The van der Waals surface area contributed by atoms with E-state index in [9.17, 15) is 19.4 Å². The predicted molar refractivity (Wildman–Crippen MR) is 337 cm³/mol. The monoisotopic (exact) mass is 1100 g/mol. The van der Waals surface area contributed by atoms with E-state index in [2.05, 4.69) is 79.9 Å². The molecule has 0 heterocycles. The first-order valence-electron chi connectivity index (χ1n) is 32.8. The van der Waals surface area contributed by atoms with E-state index in [1.807, 2.05) is 27.2 Å². The third-order valence-electron chi connectivity index (χ3n) is 14.7. The van der Waals surface area contributed by atoms with E-state index in [0.717, 1.165) is 64.2 Å². The second-order valence-electron chi connectivity index (χ2n) is 23.5. The van der Waals surface area contributed by atoms with Gasteiger partial charge in [0.25, 0.3) is 0 Å². The topological polar surface area (TPSA) is 105 Å². The number of quaternary nitrogens is 1. The Morgan fingerprint density at radius 2 is 0.792 bits per heavy atom. The van der Waals surface area contributed by atoms with Crippen molar-refractivity contribution in [1.29, 1.82) is 0 Å². The van der Waals surface area contributed by atoms with Crippen LogP contribution in [0.3, 0.4) is 0 Å². The Morgan fingerprint density at radius 1 is 0.455 bits per heavy atom. The average molecular weight is 1100 g/mol. The van der Waals surface area contributed by atoms with Crippen LogP contribution in [0.1, 0.15) is 303 Å². The fourth-order valence-corrected chi connectivity index (χ4v) is 10.3. The molecular weight excluding hydrogens is 972 g/mol. The Hall–Kier alpha value is -2.06. The highest BCUT2D eigenvalue weighted by Gasteiger charge is 2.27. The SMILES string of the molecule is CC/C=C\C/C=C\C/C=C\C/C=C\CCCCCCCCCCCCCCCCC(=O)NC(COP(=O)(O)OCC[N+](C)(C)C)C(O)/C=C/CC/C=C/CCCCCCCCCCCCCCCCCCCCCCCC. The zero-order valence-corrected chi connectivity index (χ0v) is 52.3. The van der Waals surface area contributed by atoms with Crippen molar-refractivity contribution in [2.75, 3.05) is 40.9 Å². The van der Waals surface area contributed by atoms with Crippen LogP contribution >= 0.6 is 7.82 Å². The number of nitrogens with zero attached hydrogens (tertiary/aromatic N) is 1. The number of aliphatic hydroxyl groups excluding tert-OH is 1. The van der Waals surface area contributed by atoms with Crippen molar-refractivity contribution in [3.63, 3.8) is 0 Å². The Labute approximate surface area is 478 Å². The zero-order valence-electron chi connectivity index (χ0n) is 51.4. The molecule has 77 heavy (non-hydrogen) atoms. The number of hydrogen-bond acceptors (Lipinski definition) is 5. The molecule has 0 saturated heterocycles. The Morgan fingerprint density at radius 3 is 1.19 bits per heavy atom. The normalized spacial score (nSPS) is 14.2. The van der Waals surface area contributed by atoms with Crippen molar-refractivity contribution >= 4 is 13.7 Å². The highest BCUT2D eigenvalue weighted by Crippen LogP contribution is 2.43. The molecule has 0 aliphatic carbocycles. The largest absolute Gasteiger partial charge is 0.472 e. The number of aliphatic hydroxyl groups is 1. The summed E-state index contributed by atoms with van der Waals surface area (Å²) < 4.78 is 23.8. The van der Waals surface area contributed by atoms with Crippen LogP contribution in [0.4, 0.5) is 0 Å². The number of phosphoric ester groups is 1. The van der Waals surface area contributed by atoms with E-state index in [1.165, 1.54) is 218 Å². The minimum atomic E-state index is -4.36. The highest BCUT2D eigenvalue weighted by atomic mass is 31.2. The van der Waals surface area contributed by atoms with Gasteiger partial charge >= 0.3 is 7.82 Å². The third-order valence-corrected chi connectivity index (χ3v) is 15.6. The molecule has 0 saturated carbocycles. The maximum Gasteiger partial charge on any atom is 0.472 e. The fourth-order valence-electron chi connectivity index (χ4n) is 9.58. The molecule has 0 fully saturated rings. The number of likely N-dealkylation sites (N-methyl/N-ethyl adjacent to an activating group) is 1. The van der Waals surface area contributed by atoms with Gasteiger partial charge in [0.2, 0.25) is 5.91 Å². The molecule has 0 radical (unpaired) electrons. The molecule has 0 spiro atoms. The molecule has 0 aliphatic heterocycles.